The molecule has 0 aliphatic heterocycles. The van der Waals surface area contributed by atoms with Gasteiger partial charge in [0.1, 0.15) is 0 Å². The van der Waals surface area contributed by atoms with E-state index in [-0.39, 0.29) is 10.8 Å². The van der Waals surface area contributed by atoms with Crippen molar-refractivity contribution in [1.82, 2.24) is 0 Å². The highest BCUT2D eigenvalue weighted by molar-refractivity contribution is 6.25. The molecule has 9 aromatic rings. The number of benzene rings is 9. The van der Waals surface area contributed by atoms with Crippen LogP contribution in [0, 0.1) is 0 Å². The van der Waals surface area contributed by atoms with Gasteiger partial charge in [-0.15, -0.1) is 0 Å². The van der Waals surface area contributed by atoms with Crippen molar-refractivity contribution in [3.63, 3.8) is 0 Å². The molecule has 2 aliphatic carbocycles. The van der Waals surface area contributed by atoms with E-state index < -0.39 is 0 Å². The highest BCUT2D eigenvalue weighted by atomic mass is 14.4. The molecule has 2 aliphatic rings. The lowest BCUT2D eigenvalue weighted by atomic mass is 9.79. The van der Waals surface area contributed by atoms with E-state index in [1.807, 2.05) is 0 Å². The molecule has 0 spiro atoms. The zero-order valence-corrected chi connectivity index (χ0v) is 30.0. The molecule has 0 aromatic heterocycles. The predicted molar refractivity (Wildman–Crippen MR) is 222 cm³/mol. The van der Waals surface area contributed by atoms with Crippen molar-refractivity contribution in [2.45, 2.75) is 38.5 Å². The van der Waals surface area contributed by atoms with Gasteiger partial charge in [0.2, 0.25) is 0 Å². The minimum atomic E-state index is -0.0999. The third kappa shape index (κ3) is 3.77. The molecule has 0 saturated heterocycles. The van der Waals surface area contributed by atoms with Crippen molar-refractivity contribution >= 4 is 43.1 Å². The highest BCUT2D eigenvalue weighted by Gasteiger charge is 2.38. The van der Waals surface area contributed by atoms with E-state index in [0.29, 0.717) is 0 Å². The summed E-state index contributed by atoms with van der Waals surface area (Å²) < 4.78 is 0. The van der Waals surface area contributed by atoms with Crippen LogP contribution in [0.4, 0.5) is 0 Å². The second-order valence-corrected chi connectivity index (χ2v) is 16.0. The van der Waals surface area contributed by atoms with Crippen molar-refractivity contribution in [3.05, 3.63) is 180 Å². The number of fused-ring (bicyclic) bond motifs is 12. The molecule has 0 bridgehead atoms. The van der Waals surface area contributed by atoms with Crippen LogP contribution in [0.3, 0.4) is 0 Å². The normalized spacial score (nSPS) is 14.8. The summed E-state index contributed by atoms with van der Waals surface area (Å²) in [5.41, 5.74) is 16.2. The van der Waals surface area contributed by atoms with Crippen LogP contribution in [0.5, 0.6) is 0 Å². The first kappa shape index (κ1) is 29.7. The van der Waals surface area contributed by atoms with Crippen molar-refractivity contribution in [2.24, 2.45) is 0 Å². The fourth-order valence-corrected chi connectivity index (χ4v) is 10.2. The van der Waals surface area contributed by atoms with E-state index in [4.69, 9.17) is 0 Å². The van der Waals surface area contributed by atoms with Gasteiger partial charge in [-0.3, -0.25) is 0 Å². The van der Waals surface area contributed by atoms with E-state index in [1.54, 1.807) is 0 Å². The lowest BCUT2D eigenvalue weighted by molar-refractivity contribution is 0.661. The molecular weight excluding hydrogens is 625 g/mol. The number of rotatable bonds is 2. The average molecular weight is 663 g/mol. The molecule has 0 nitrogen and oxygen atoms in total. The first-order valence-corrected chi connectivity index (χ1v) is 18.6. The summed E-state index contributed by atoms with van der Waals surface area (Å²) in [6.45, 7) is 9.51. The quantitative estimate of drug-likeness (QED) is 0.162. The van der Waals surface area contributed by atoms with E-state index in [1.165, 1.54) is 110 Å². The maximum absolute atomic E-state index is 2.53. The first-order chi connectivity index (χ1) is 25.3. The lowest BCUT2D eigenvalue weighted by Crippen LogP contribution is -2.15. The van der Waals surface area contributed by atoms with Crippen LogP contribution < -0.4 is 0 Å². The molecule has 0 amide bonds. The summed E-state index contributed by atoms with van der Waals surface area (Å²) >= 11 is 0. The van der Waals surface area contributed by atoms with Crippen molar-refractivity contribution in [1.29, 1.82) is 0 Å². The Bertz CT molecular complexity index is 2950. The molecule has 0 fully saturated rings. The molecule has 0 unspecified atom stereocenters. The monoisotopic (exact) mass is 662 g/mol. The maximum Gasteiger partial charge on any atom is 0.0159 e. The third-order valence-electron chi connectivity index (χ3n) is 12.6. The Kier molecular flexibility index (Phi) is 5.89. The van der Waals surface area contributed by atoms with Crippen LogP contribution in [0.15, 0.2) is 158 Å². The predicted octanol–water partition coefficient (Wildman–Crippen LogP) is 14.2. The van der Waals surface area contributed by atoms with Gasteiger partial charge in [0, 0.05) is 10.8 Å². The summed E-state index contributed by atoms with van der Waals surface area (Å²) in [4.78, 5) is 0. The minimum Gasteiger partial charge on any atom is -0.0619 e. The molecule has 0 atom stereocenters. The fourth-order valence-electron chi connectivity index (χ4n) is 10.2. The Labute approximate surface area is 305 Å². The largest absolute Gasteiger partial charge is 0.0619 e. The Morgan fingerprint density at radius 3 is 1.35 bits per heavy atom. The standard InChI is InChI=1S/C52H38/c1-51(2)43-23-13-11-21-40(43)49-33-27-25-32(29-31(33)26-28-45(49)51)47-36-17-7-9-19-38(36)48(39-20-10-8-18-37(39)47)42-30-46-50(35-16-6-5-15-34(35)42)41-22-12-14-24-44(41)52(46,3)4/h5-30H,1-4H3. The molecule has 52 heavy (non-hydrogen) atoms. The Morgan fingerprint density at radius 1 is 0.288 bits per heavy atom. The van der Waals surface area contributed by atoms with Gasteiger partial charge in [0.05, 0.1) is 0 Å². The molecule has 0 N–H and O–H groups in total. The molecule has 0 saturated carbocycles. The molecule has 0 heterocycles. The second kappa shape index (κ2) is 10.3. The zero-order valence-electron chi connectivity index (χ0n) is 30.0. The molecule has 0 heteroatoms. The molecule has 246 valence electrons. The van der Waals surface area contributed by atoms with Gasteiger partial charge in [0.25, 0.3) is 0 Å². The molecule has 9 aromatic carbocycles. The summed E-state index contributed by atoms with van der Waals surface area (Å²) in [7, 11) is 0. The van der Waals surface area contributed by atoms with Gasteiger partial charge in [-0.05, 0) is 122 Å². The van der Waals surface area contributed by atoms with E-state index in [2.05, 4.69) is 185 Å². The van der Waals surface area contributed by atoms with Crippen LogP contribution in [-0.2, 0) is 10.8 Å². The number of hydrogen-bond acceptors (Lipinski definition) is 0. The highest BCUT2D eigenvalue weighted by Crippen LogP contribution is 2.55. The van der Waals surface area contributed by atoms with Crippen molar-refractivity contribution in [3.8, 4) is 44.5 Å². The first-order valence-electron chi connectivity index (χ1n) is 18.6. The van der Waals surface area contributed by atoms with Crippen molar-refractivity contribution < 1.29 is 0 Å². The van der Waals surface area contributed by atoms with Crippen LogP contribution in [0.1, 0.15) is 49.9 Å². The smallest absolute Gasteiger partial charge is 0.0159 e. The molecule has 11 rings (SSSR count). The van der Waals surface area contributed by atoms with E-state index in [9.17, 15) is 0 Å². The van der Waals surface area contributed by atoms with Gasteiger partial charge in [-0.2, -0.15) is 0 Å². The summed E-state index contributed by atoms with van der Waals surface area (Å²) in [5.74, 6) is 0. The van der Waals surface area contributed by atoms with Crippen LogP contribution in [0.2, 0.25) is 0 Å². The van der Waals surface area contributed by atoms with Gasteiger partial charge in [-0.25, -0.2) is 0 Å². The van der Waals surface area contributed by atoms with E-state index in [0.717, 1.165) is 0 Å². The second-order valence-electron chi connectivity index (χ2n) is 16.0. The summed E-state index contributed by atoms with van der Waals surface area (Å²) in [6, 6.07) is 59.7. The Hall–Kier alpha value is -5.98. The maximum atomic E-state index is 2.53. The number of hydrogen-bond donors (Lipinski definition) is 0. The Morgan fingerprint density at radius 2 is 0.750 bits per heavy atom. The summed E-state index contributed by atoms with van der Waals surface area (Å²) in [6.07, 6.45) is 0. The molecular formula is C52H38. The van der Waals surface area contributed by atoms with Crippen LogP contribution in [-0.4, -0.2) is 0 Å². The van der Waals surface area contributed by atoms with Crippen LogP contribution in [0.25, 0.3) is 87.6 Å². The third-order valence-corrected chi connectivity index (χ3v) is 12.6. The lowest BCUT2D eigenvalue weighted by Gasteiger charge is -2.24. The SMILES string of the molecule is CC1(C)c2ccccc2-c2c1ccc1cc(-c3c4ccccc4c(-c4cc5c(c6ccccc46)-c4ccccc4C5(C)C)c4ccccc34)ccc21. The molecule has 0 radical (unpaired) electrons. The minimum absolute atomic E-state index is 0.0131. The average Bonchev–Trinajstić information content (AvgIpc) is 3.56. The van der Waals surface area contributed by atoms with Gasteiger partial charge >= 0.3 is 0 Å². The zero-order chi connectivity index (χ0) is 34.9. The van der Waals surface area contributed by atoms with Gasteiger partial charge in [-0.1, -0.05) is 173 Å². The summed E-state index contributed by atoms with van der Waals surface area (Å²) in [5, 5.41) is 10.4. The van der Waals surface area contributed by atoms with Gasteiger partial charge in [0.15, 0.2) is 0 Å². The fraction of sp³-hybridized carbons (Fsp3) is 0.115. The van der Waals surface area contributed by atoms with Gasteiger partial charge < -0.3 is 0 Å². The Balaban J connectivity index is 1.20. The van der Waals surface area contributed by atoms with Crippen molar-refractivity contribution in [2.75, 3.05) is 0 Å². The van der Waals surface area contributed by atoms with Crippen LogP contribution >= 0.6 is 0 Å². The topological polar surface area (TPSA) is 0 Å². The van der Waals surface area contributed by atoms with E-state index >= 15 is 0 Å².